The lowest BCUT2D eigenvalue weighted by Gasteiger charge is -2.29. The summed E-state index contributed by atoms with van der Waals surface area (Å²) in [6.07, 6.45) is 9.08. The zero-order valence-corrected chi connectivity index (χ0v) is 17.4. The molecular formula is C21H24N8O2. The van der Waals surface area contributed by atoms with E-state index in [1.54, 1.807) is 18.5 Å². The first-order valence-electron chi connectivity index (χ1n) is 10.4. The molecule has 0 unspecified atom stereocenters. The number of hydrogen-bond donors (Lipinski definition) is 3. The maximum atomic E-state index is 11.3. The van der Waals surface area contributed by atoms with Crippen LogP contribution >= 0.6 is 0 Å². The Hall–Kier alpha value is -3.69. The third-order valence-corrected chi connectivity index (χ3v) is 5.75. The van der Waals surface area contributed by atoms with Gasteiger partial charge in [-0.25, -0.2) is 9.50 Å². The monoisotopic (exact) mass is 420 g/mol. The third-order valence-electron chi connectivity index (χ3n) is 5.75. The molecule has 5 rings (SSSR count). The zero-order valence-electron chi connectivity index (χ0n) is 17.4. The Balaban J connectivity index is 1.40. The summed E-state index contributed by atoms with van der Waals surface area (Å²) in [5.41, 5.74) is 3.39. The van der Waals surface area contributed by atoms with Crippen LogP contribution in [-0.4, -0.2) is 54.7 Å². The predicted octanol–water partition coefficient (Wildman–Crippen LogP) is 2.54. The Morgan fingerprint density at radius 1 is 1.23 bits per heavy atom. The first-order chi connectivity index (χ1) is 15.1. The molecular weight excluding hydrogens is 396 g/mol. The summed E-state index contributed by atoms with van der Waals surface area (Å²) >= 11 is 0. The van der Waals surface area contributed by atoms with Crippen LogP contribution in [0.3, 0.4) is 0 Å². The van der Waals surface area contributed by atoms with Crippen LogP contribution in [0.5, 0.6) is 5.88 Å². The summed E-state index contributed by atoms with van der Waals surface area (Å²) in [5, 5.41) is 11.4. The minimum atomic E-state index is 0.0284. The highest BCUT2D eigenvalue weighted by atomic mass is 16.5. The molecule has 1 amide bonds. The SMILES string of the molecule is COc1nc(N[C@H]2CC[C@H](NC(C)=O)CC2)nc2[nH]cc(-c3ccn4ncnc4c3)c12. The fourth-order valence-corrected chi connectivity index (χ4v) is 4.27. The number of nitrogens with one attached hydrogen (secondary N) is 3. The van der Waals surface area contributed by atoms with Gasteiger partial charge in [-0.05, 0) is 43.4 Å². The quantitative estimate of drug-likeness (QED) is 0.453. The fourth-order valence-electron chi connectivity index (χ4n) is 4.27. The lowest BCUT2D eigenvalue weighted by atomic mass is 9.91. The second-order valence-electron chi connectivity index (χ2n) is 7.85. The Kier molecular flexibility index (Phi) is 4.89. The number of rotatable bonds is 5. The molecule has 0 aliphatic heterocycles. The number of aromatic nitrogens is 6. The summed E-state index contributed by atoms with van der Waals surface area (Å²) in [7, 11) is 1.61. The van der Waals surface area contributed by atoms with E-state index in [9.17, 15) is 4.79 Å². The van der Waals surface area contributed by atoms with E-state index < -0.39 is 0 Å². The number of pyridine rings is 1. The van der Waals surface area contributed by atoms with Gasteiger partial charge < -0.3 is 20.4 Å². The molecule has 0 aromatic carbocycles. The van der Waals surface area contributed by atoms with Gasteiger partial charge in [-0.1, -0.05) is 0 Å². The van der Waals surface area contributed by atoms with Crippen molar-refractivity contribution < 1.29 is 9.53 Å². The molecule has 160 valence electrons. The molecule has 3 N–H and O–H groups in total. The van der Waals surface area contributed by atoms with Gasteiger partial charge in [-0.15, -0.1) is 0 Å². The van der Waals surface area contributed by atoms with Crippen molar-refractivity contribution in [3.8, 4) is 17.0 Å². The number of anilines is 1. The molecule has 1 aliphatic rings. The zero-order chi connectivity index (χ0) is 21.4. The molecule has 0 bridgehead atoms. The van der Waals surface area contributed by atoms with Crippen molar-refractivity contribution in [2.45, 2.75) is 44.7 Å². The van der Waals surface area contributed by atoms with Crippen molar-refractivity contribution in [3.05, 3.63) is 30.9 Å². The standard InChI is InChI=1S/C21H24N8O2/c1-12(30)25-14-3-5-15(6-4-14)26-21-27-19-18(20(28-21)31-2)16(10-22-19)13-7-8-29-17(9-13)23-11-24-29/h7-11,14-15H,3-6H2,1-2H3,(H,25,30)(H2,22,26,27,28)/t14-,15-. The van der Waals surface area contributed by atoms with E-state index >= 15 is 0 Å². The number of nitrogens with zero attached hydrogens (tertiary/aromatic N) is 5. The highest BCUT2D eigenvalue weighted by Gasteiger charge is 2.23. The van der Waals surface area contributed by atoms with Crippen LogP contribution in [0.1, 0.15) is 32.6 Å². The molecule has 4 aromatic rings. The second kappa shape index (κ2) is 7.86. The molecule has 10 nitrogen and oxygen atoms in total. The van der Waals surface area contributed by atoms with Crippen molar-refractivity contribution in [3.63, 3.8) is 0 Å². The van der Waals surface area contributed by atoms with Crippen LogP contribution in [-0.2, 0) is 4.79 Å². The van der Waals surface area contributed by atoms with Crippen molar-refractivity contribution in [2.75, 3.05) is 12.4 Å². The van der Waals surface area contributed by atoms with Crippen LogP contribution in [0, 0.1) is 0 Å². The highest BCUT2D eigenvalue weighted by molar-refractivity contribution is 5.98. The van der Waals surface area contributed by atoms with Crippen molar-refractivity contribution >= 4 is 28.5 Å². The molecule has 0 radical (unpaired) electrons. The van der Waals surface area contributed by atoms with E-state index in [1.165, 1.54) is 6.33 Å². The number of amides is 1. The summed E-state index contributed by atoms with van der Waals surface area (Å²) in [4.78, 5) is 28.1. The number of carbonyl (C=O) groups excluding carboxylic acids is 1. The van der Waals surface area contributed by atoms with E-state index in [0.29, 0.717) is 17.5 Å². The maximum absolute atomic E-state index is 11.3. The normalized spacial score (nSPS) is 18.9. The van der Waals surface area contributed by atoms with Crippen LogP contribution < -0.4 is 15.4 Å². The average molecular weight is 420 g/mol. The van der Waals surface area contributed by atoms with Gasteiger partial charge in [-0.3, -0.25) is 4.79 Å². The van der Waals surface area contributed by atoms with Crippen molar-refractivity contribution in [1.82, 2.24) is 34.9 Å². The summed E-state index contributed by atoms with van der Waals surface area (Å²) in [6, 6.07) is 4.46. The van der Waals surface area contributed by atoms with Gasteiger partial charge in [0.1, 0.15) is 12.0 Å². The van der Waals surface area contributed by atoms with Crippen LogP contribution in [0.4, 0.5) is 5.95 Å². The van der Waals surface area contributed by atoms with Crippen LogP contribution in [0.25, 0.3) is 27.8 Å². The lowest BCUT2D eigenvalue weighted by Crippen LogP contribution is -2.39. The summed E-state index contributed by atoms with van der Waals surface area (Å²) in [6.45, 7) is 1.56. The molecule has 4 aromatic heterocycles. The number of fused-ring (bicyclic) bond motifs is 2. The average Bonchev–Trinajstić information content (AvgIpc) is 3.40. The van der Waals surface area contributed by atoms with Gasteiger partial charge in [-0.2, -0.15) is 15.1 Å². The molecule has 1 aliphatic carbocycles. The molecule has 10 heteroatoms. The number of aromatic amines is 1. The molecule has 31 heavy (non-hydrogen) atoms. The Morgan fingerprint density at radius 2 is 2.03 bits per heavy atom. The van der Waals surface area contributed by atoms with Gasteiger partial charge in [0.15, 0.2) is 5.65 Å². The predicted molar refractivity (Wildman–Crippen MR) is 116 cm³/mol. The Labute approximate surface area is 178 Å². The van der Waals surface area contributed by atoms with Crippen LogP contribution in [0.2, 0.25) is 0 Å². The molecule has 1 fully saturated rings. The fraction of sp³-hybridized carbons (Fsp3) is 0.381. The molecule has 4 heterocycles. The largest absolute Gasteiger partial charge is 0.480 e. The van der Waals surface area contributed by atoms with Gasteiger partial charge in [0.25, 0.3) is 0 Å². The van der Waals surface area contributed by atoms with Crippen LogP contribution in [0.15, 0.2) is 30.9 Å². The Bertz CT molecular complexity index is 1240. The number of hydrogen-bond acceptors (Lipinski definition) is 7. The summed E-state index contributed by atoms with van der Waals surface area (Å²) in [5.74, 6) is 1.08. The number of carbonyl (C=O) groups is 1. The Morgan fingerprint density at radius 3 is 2.81 bits per heavy atom. The van der Waals surface area contributed by atoms with Gasteiger partial charge in [0, 0.05) is 37.0 Å². The molecule has 1 saturated carbocycles. The molecule has 0 saturated heterocycles. The van der Waals surface area contributed by atoms with E-state index in [4.69, 9.17) is 4.74 Å². The van der Waals surface area contributed by atoms with E-state index in [-0.39, 0.29) is 18.0 Å². The number of ether oxygens (including phenoxy) is 1. The van der Waals surface area contributed by atoms with Gasteiger partial charge in [0.05, 0.1) is 12.5 Å². The van der Waals surface area contributed by atoms with Crippen molar-refractivity contribution in [2.24, 2.45) is 0 Å². The first kappa shape index (κ1) is 19.3. The number of H-pyrrole nitrogens is 1. The lowest BCUT2D eigenvalue weighted by molar-refractivity contribution is -0.119. The smallest absolute Gasteiger partial charge is 0.228 e. The van der Waals surface area contributed by atoms with Gasteiger partial charge in [0.2, 0.25) is 17.7 Å². The highest BCUT2D eigenvalue weighted by Crippen LogP contribution is 2.35. The second-order valence-corrected chi connectivity index (χ2v) is 7.85. The van der Waals surface area contributed by atoms with E-state index in [0.717, 1.165) is 47.8 Å². The number of methoxy groups -OCH3 is 1. The first-order valence-corrected chi connectivity index (χ1v) is 10.4. The molecule has 0 atom stereocenters. The maximum Gasteiger partial charge on any atom is 0.228 e. The summed E-state index contributed by atoms with van der Waals surface area (Å²) < 4.78 is 7.34. The molecule has 0 spiro atoms. The van der Waals surface area contributed by atoms with Gasteiger partial charge >= 0.3 is 0 Å². The van der Waals surface area contributed by atoms with E-state index in [2.05, 4.69) is 35.7 Å². The minimum absolute atomic E-state index is 0.0284. The third kappa shape index (κ3) is 3.76. The minimum Gasteiger partial charge on any atom is -0.480 e. The van der Waals surface area contributed by atoms with E-state index in [1.807, 2.05) is 24.5 Å². The van der Waals surface area contributed by atoms with Crippen molar-refractivity contribution in [1.29, 1.82) is 0 Å². The topological polar surface area (TPSA) is 122 Å².